The molecule has 0 spiro atoms. The van der Waals surface area contributed by atoms with Gasteiger partial charge in [-0.1, -0.05) is 6.58 Å². The molecule has 1 aromatic rings. The highest BCUT2D eigenvalue weighted by Gasteiger charge is 2.22. The first kappa shape index (κ1) is 11.4. The molecular weight excluding hydrogens is 226 g/mol. The number of aliphatic hydroxyl groups is 1. The van der Waals surface area contributed by atoms with Gasteiger partial charge in [0, 0.05) is 38.1 Å². The zero-order chi connectivity index (χ0) is 12.7. The standard InChI is InChI=1S/C14H19N3O/c1-10-15-14-4-3-12(7-11(14)8-16(10)2)17-6-5-13(18)9-17/h3-4,7,13,15,18H,1,5-6,8-9H2,2H3. The summed E-state index contributed by atoms with van der Waals surface area (Å²) in [6, 6.07) is 6.43. The van der Waals surface area contributed by atoms with Crippen LogP contribution in [0, 0.1) is 0 Å². The Morgan fingerprint density at radius 3 is 3.00 bits per heavy atom. The second-order valence-corrected chi connectivity index (χ2v) is 5.16. The van der Waals surface area contributed by atoms with Gasteiger partial charge in [0.25, 0.3) is 0 Å². The molecule has 1 saturated heterocycles. The Morgan fingerprint density at radius 1 is 1.44 bits per heavy atom. The van der Waals surface area contributed by atoms with Crippen LogP contribution in [0.4, 0.5) is 11.4 Å². The molecule has 1 unspecified atom stereocenters. The number of nitrogens with zero attached hydrogens (tertiary/aromatic N) is 2. The van der Waals surface area contributed by atoms with Crippen molar-refractivity contribution in [3.8, 4) is 0 Å². The lowest BCUT2D eigenvalue weighted by atomic mass is 10.1. The smallest absolute Gasteiger partial charge is 0.0983 e. The number of rotatable bonds is 1. The van der Waals surface area contributed by atoms with E-state index in [1.165, 1.54) is 11.3 Å². The van der Waals surface area contributed by atoms with E-state index in [0.717, 1.165) is 37.6 Å². The Hall–Kier alpha value is -1.68. The summed E-state index contributed by atoms with van der Waals surface area (Å²) in [5.74, 6) is 0.937. The number of hydrogen-bond donors (Lipinski definition) is 2. The molecule has 0 aromatic heterocycles. The number of aliphatic hydroxyl groups excluding tert-OH is 1. The van der Waals surface area contributed by atoms with Crippen molar-refractivity contribution in [2.75, 3.05) is 30.4 Å². The van der Waals surface area contributed by atoms with Crippen LogP contribution in [0.2, 0.25) is 0 Å². The fourth-order valence-electron chi connectivity index (χ4n) is 2.61. The quantitative estimate of drug-likeness (QED) is 0.788. The average molecular weight is 245 g/mol. The highest BCUT2D eigenvalue weighted by atomic mass is 16.3. The molecular formula is C14H19N3O. The summed E-state index contributed by atoms with van der Waals surface area (Å²) < 4.78 is 0. The van der Waals surface area contributed by atoms with E-state index in [4.69, 9.17) is 0 Å². The van der Waals surface area contributed by atoms with Crippen molar-refractivity contribution < 1.29 is 5.11 Å². The number of fused-ring (bicyclic) bond motifs is 1. The molecule has 3 rings (SSSR count). The lowest BCUT2D eigenvalue weighted by Gasteiger charge is -2.31. The number of nitrogens with one attached hydrogen (secondary N) is 1. The lowest BCUT2D eigenvalue weighted by Crippen LogP contribution is -2.28. The van der Waals surface area contributed by atoms with Crippen LogP contribution >= 0.6 is 0 Å². The van der Waals surface area contributed by atoms with E-state index < -0.39 is 0 Å². The number of β-amino-alcohol motifs (C(OH)–C–C–N with tert-alkyl or cyclic N) is 1. The normalized spacial score (nSPS) is 23.0. The van der Waals surface area contributed by atoms with Crippen molar-refractivity contribution in [3.63, 3.8) is 0 Å². The number of anilines is 2. The zero-order valence-electron chi connectivity index (χ0n) is 10.7. The third-order valence-electron chi connectivity index (χ3n) is 3.76. The van der Waals surface area contributed by atoms with Crippen LogP contribution in [-0.2, 0) is 6.54 Å². The largest absolute Gasteiger partial charge is 0.391 e. The lowest BCUT2D eigenvalue weighted by molar-refractivity contribution is 0.198. The SMILES string of the molecule is C=C1Nc2ccc(N3CCC(O)C3)cc2CN1C. The molecule has 0 amide bonds. The van der Waals surface area contributed by atoms with Crippen molar-refractivity contribution in [1.82, 2.24) is 4.90 Å². The van der Waals surface area contributed by atoms with Crippen molar-refractivity contribution >= 4 is 11.4 Å². The molecule has 0 aliphatic carbocycles. The Bertz CT molecular complexity index is 486. The minimum Gasteiger partial charge on any atom is -0.391 e. The molecule has 96 valence electrons. The molecule has 2 aliphatic rings. The van der Waals surface area contributed by atoms with Gasteiger partial charge in [0.05, 0.1) is 11.9 Å². The summed E-state index contributed by atoms with van der Waals surface area (Å²) in [6.07, 6.45) is 0.688. The predicted molar refractivity (Wildman–Crippen MR) is 73.5 cm³/mol. The van der Waals surface area contributed by atoms with E-state index in [9.17, 15) is 5.11 Å². The predicted octanol–water partition coefficient (Wildman–Crippen LogP) is 1.59. The maximum atomic E-state index is 9.60. The first-order valence-corrected chi connectivity index (χ1v) is 6.36. The fourth-order valence-corrected chi connectivity index (χ4v) is 2.61. The van der Waals surface area contributed by atoms with Crippen molar-refractivity contribution in [2.45, 2.75) is 19.1 Å². The van der Waals surface area contributed by atoms with Crippen LogP contribution in [0.1, 0.15) is 12.0 Å². The highest BCUT2D eigenvalue weighted by molar-refractivity contribution is 5.64. The minimum atomic E-state index is -0.179. The molecule has 1 atom stereocenters. The van der Waals surface area contributed by atoms with Crippen molar-refractivity contribution in [3.05, 3.63) is 36.2 Å². The number of hydrogen-bond acceptors (Lipinski definition) is 4. The van der Waals surface area contributed by atoms with Crippen LogP contribution in [-0.4, -0.2) is 36.2 Å². The topological polar surface area (TPSA) is 38.7 Å². The Labute approximate surface area is 108 Å². The van der Waals surface area contributed by atoms with Gasteiger partial charge in [0.1, 0.15) is 0 Å². The first-order chi connectivity index (χ1) is 8.63. The average Bonchev–Trinajstić information content (AvgIpc) is 2.77. The molecule has 2 aliphatic heterocycles. The van der Waals surface area contributed by atoms with Gasteiger partial charge in [-0.25, -0.2) is 0 Å². The molecule has 18 heavy (non-hydrogen) atoms. The van der Waals surface area contributed by atoms with Gasteiger partial charge in [-0.15, -0.1) is 0 Å². The van der Waals surface area contributed by atoms with Gasteiger partial charge in [0.15, 0.2) is 0 Å². The van der Waals surface area contributed by atoms with Crippen LogP contribution in [0.5, 0.6) is 0 Å². The molecule has 2 N–H and O–H groups in total. The van der Waals surface area contributed by atoms with Gasteiger partial charge in [-0.3, -0.25) is 0 Å². The summed E-state index contributed by atoms with van der Waals surface area (Å²) >= 11 is 0. The molecule has 0 saturated carbocycles. The third-order valence-corrected chi connectivity index (χ3v) is 3.76. The van der Waals surface area contributed by atoms with E-state index in [1.807, 2.05) is 7.05 Å². The van der Waals surface area contributed by atoms with Crippen LogP contribution < -0.4 is 10.2 Å². The van der Waals surface area contributed by atoms with Crippen LogP contribution in [0.25, 0.3) is 0 Å². The molecule has 4 nitrogen and oxygen atoms in total. The van der Waals surface area contributed by atoms with Gasteiger partial charge < -0.3 is 20.2 Å². The monoisotopic (exact) mass is 245 g/mol. The molecule has 0 bridgehead atoms. The fraction of sp³-hybridized carbons (Fsp3) is 0.429. The van der Waals surface area contributed by atoms with Gasteiger partial charge in [-0.05, 0) is 30.2 Å². The summed E-state index contributed by atoms with van der Waals surface area (Å²) in [5, 5.41) is 12.9. The molecule has 4 heteroatoms. The second kappa shape index (κ2) is 4.21. The minimum absolute atomic E-state index is 0.179. The third kappa shape index (κ3) is 1.93. The Morgan fingerprint density at radius 2 is 2.28 bits per heavy atom. The maximum Gasteiger partial charge on any atom is 0.0983 e. The molecule has 0 radical (unpaired) electrons. The molecule has 2 heterocycles. The van der Waals surface area contributed by atoms with Crippen molar-refractivity contribution in [1.29, 1.82) is 0 Å². The highest BCUT2D eigenvalue weighted by Crippen LogP contribution is 2.30. The molecule has 1 aromatic carbocycles. The van der Waals surface area contributed by atoms with E-state index in [0.29, 0.717) is 0 Å². The van der Waals surface area contributed by atoms with Gasteiger partial charge in [0.2, 0.25) is 0 Å². The van der Waals surface area contributed by atoms with E-state index in [1.54, 1.807) is 0 Å². The van der Waals surface area contributed by atoms with Gasteiger partial charge in [-0.2, -0.15) is 0 Å². The second-order valence-electron chi connectivity index (χ2n) is 5.16. The molecule has 1 fully saturated rings. The van der Waals surface area contributed by atoms with Crippen molar-refractivity contribution in [2.24, 2.45) is 0 Å². The van der Waals surface area contributed by atoms with E-state index in [-0.39, 0.29) is 6.10 Å². The van der Waals surface area contributed by atoms with Gasteiger partial charge >= 0.3 is 0 Å². The Balaban J connectivity index is 1.87. The van der Waals surface area contributed by atoms with Crippen LogP contribution in [0.15, 0.2) is 30.6 Å². The first-order valence-electron chi connectivity index (χ1n) is 6.36. The summed E-state index contributed by atoms with van der Waals surface area (Å²) in [5.41, 5.74) is 3.62. The maximum absolute atomic E-state index is 9.60. The Kier molecular flexibility index (Phi) is 2.67. The number of benzene rings is 1. The van der Waals surface area contributed by atoms with E-state index >= 15 is 0 Å². The summed E-state index contributed by atoms with van der Waals surface area (Å²) in [4.78, 5) is 4.35. The summed E-state index contributed by atoms with van der Waals surface area (Å²) in [7, 11) is 2.03. The van der Waals surface area contributed by atoms with E-state index in [2.05, 4.69) is 39.9 Å². The van der Waals surface area contributed by atoms with Crippen LogP contribution in [0.3, 0.4) is 0 Å². The zero-order valence-corrected chi connectivity index (χ0v) is 10.7. The summed E-state index contributed by atoms with van der Waals surface area (Å²) in [6.45, 7) is 6.54.